The third-order valence-corrected chi connectivity index (χ3v) is 5.78. The summed E-state index contributed by atoms with van der Waals surface area (Å²) in [5.74, 6) is 0.533. The second-order valence-electron chi connectivity index (χ2n) is 7.94. The van der Waals surface area contributed by atoms with Crippen molar-refractivity contribution in [2.45, 2.75) is 51.2 Å². The van der Waals surface area contributed by atoms with Crippen LogP contribution in [0.5, 0.6) is 0 Å². The first-order valence-electron chi connectivity index (χ1n) is 10.4. The van der Waals surface area contributed by atoms with Gasteiger partial charge in [0.2, 0.25) is 0 Å². The molecule has 2 aromatic rings. The molecular formula is C22H26FN5O3. The Morgan fingerprint density at radius 1 is 1.23 bits per heavy atom. The van der Waals surface area contributed by atoms with Crippen molar-refractivity contribution in [2.24, 2.45) is 0 Å². The van der Waals surface area contributed by atoms with Gasteiger partial charge in [0, 0.05) is 18.3 Å². The number of rotatable bonds is 5. The van der Waals surface area contributed by atoms with E-state index in [0.717, 1.165) is 31.2 Å². The van der Waals surface area contributed by atoms with Crippen LogP contribution in [0.3, 0.4) is 0 Å². The van der Waals surface area contributed by atoms with E-state index in [9.17, 15) is 14.0 Å². The molecule has 0 bridgehead atoms. The van der Waals surface area contributed by atoms with Crippen LogP contribution in [0.4, 0.5) is 26.5 Å². The molecule has 2 amide bonds. The monoisotopic (exact) mass is 427 g/mol. The van der Waals surface area contributed by atoms with Crippen molar-refractivity contribution < 1.29 is 18.7 Å². The fourth-order valence-corrected chi connectivity index (χ4v) is 4.15. The Kier molecular flexibility index (Phi) is 5.92. The smallest absolute Gasteiger partial charge is 0.407 e. The lowest BCUT2D eigenvalue weighted by Gasteiger charge is -2.32. The highest BCUT2D eigenvalue weighted by Crippen LogP contribution is 2.30. The van der Waals surface area contributed by atoms with Gasteiger partial charge in [-0.05, 0) is 55.2 Å². The number of carbonyl (C=O) groups is 2. The summed E-state index contributed by atoms with van der Waals surface area (Å²) in [6.45, 7) is 2.09. The molecule has 4 N–H and O–H groups in total. The van der Waals surface area contributed by atoms with E-state index in [4.69, 9.17) is 4.74 Å². The quantitative estimate of drug-likeness (QED) is 0.581. The van der Waals surface area contributed by atoms with Crippen molar-refractivity contribution in [1.82, 2.24) is 15.6 Å². The Hall–Kier alpha value is -3.36. The molecule has 1 fully saturated rings. The molecule has 1 aliphatic heterocycles. The predicted octanol–water partition coefficient (Wildman–Crippen LogP) is 3.60. The number of aryl methyl sites for hydroxylation is 1. The number of halogens is 1. The molecule has 164 valence electrons. The molecule has 1 aliphatic carbocycles. The fourth-order valence-electron chi connectivity index (χ4n) is 4.15. The molecule has 1 aromatic carbocycles. The molecule has 2 heterocycles. The van der Waals surface area contributed by atoms with Crippen LogP contribution in [0.1, 0.15) is 47.2 Å². The Morgan fingerprint density at radius 2 is 2.00 bits per heavy atom. The third-order valence-electron chi connectivity index (χ3n) is 5.78. The van der Waals surface area contributed by atoms with Gasteiger partial charge in [-0.15, -0.1) is 0 Å². The van der Waals surface area contributed by atoms with E-state index in [1.807, 2.05) is 6.07 Å². The van der Waals surface area contributed by atoms with Gasteiger partial charge in [-0.2, -0.15) is 0 Å². The highest BCUT2D eigenvalue weighted by atomic mass is 19.1. The fraction of sp³-hybridized carbons (Fsp3) is 0.409. The van der Waals surface area contributed by atoms with Crippen molar-refractivity contribution in [1.29, 1.82) is 0 Å². The molecule has 31 heavy (non-hydrogen) atoms. The summed E-state index contributed by atoms with van der Waals surface area (Å²) in [4.78, 5) is 28.7. The Bertz CT molecular complexity index is 1010. The number of aromatic nitrogens is 1. The number of benzene rings is 1. The van der Waals surface area contributed by atoms with Crippen LogP contribution < -0.4 is 21.3 Å². The van der Waals surface area contributed by atoms with E-state index < -0.39 is 6.09 Å². The maximum Gasteiger partial charge on any atom is 0.407 e. The summed E-state index contributed by atoms with van der Waals surface area (Å²) in [6.07, 6.45) is 3.34. The molecule has 0 saturated heterocycles. The number of carbonyl (C=O) groups excluding carboxylic acids is 2. The first-order chi connectivity index (χ1) is 14.9. The van der Waals surface area contributed by atoms with Crippen molar-refractivity contribution in [2.75, 3.05) is 17.7 Å². The number of hydrogen-bond acceptors (Lipinski definition) is 6. The van der Waals surface area contributed by atoms with Gasteiger partial charge >= 0.3 is 6.09 Å². The molecule has 1 saturated carbocycles. The highest BCUT2D eigenvalue weighted by molar-refractivity contribution is 6.03. The zero-order valence-corrected chi connectivity index (χ0v) is 17.5. The van der Waals surface area contributed by atoms with E-state index in [-0.39, 0.29) is 23.8 Å². The highest BCUT2D eigenvalue weighted by Gasteiger charge is 2.29. The third kappa shape index (κ3) is 4.55. The molecular weight excluding hydrogens is 401 g/mol. The van der Waals surface area contributed by atoms with Crippen LogP contribution in [0, 0.1) is 12.7 Å². The van der Waals surface area contributed by atoms with Crippen LogP contribution in [-0.2, 0) is 11.3 Å². The minimum atomic E-state index is -0.454. The Morgan fingerprint density at radius 3 is 2.74 bits per heavy atom. The lowest BCUT2D eigenvalue weighted by atomic mass is 9.90. The summed E-state index contributed by atoms with van der Waals surface area (Å²) in [5.41, 5.74) is 2.46. The molecule has 1 aromatic heterocycles. The van der Waals surface area contributed by atoms with Crippen molar-refractivity contribution in [3.63, 3.8) is 0 Å². The summed E-state index contributed by atoms with van der Waals surface area (Å²) < 4.78 is 18.4. The first-order valence-corrected chi connectivity index (χ1v) is 10.4. The average Bonchev–Trinajstić information content (AvgIpc) is 3.13. The number of hydrogen-bond donors (Lipinski definition) is 4. The number of ether oxygens (including phenoxy) is 1. The average molecular weight is 427 g/mol. The number of nitrogens with zero attached hydrogens (tertiary/aromatic N) is 1. The van der Waals surface area contributed by atoms with Crippen molar-refractivity contribution >= 4 is 29.3 Å². The van der Waals surface area contributed by atoms with Gasteiger partial charge in [-0.3, -0.25) is 4.79 Å². The summed E-state index contributed by atoms with van der Waals surface area (Å²) in [5, 5.41) is 12.3. The summed E-state index contributed by atoms with van der Waals surface area (Å²) in [6, 6.07) is 6.44. The van der Waals surface area contributed by atoms with Gasteiger partial charge < -0.3 is 26.0 Å². The predicted molar refractivity (Wildman–Crippen MR) is 115 cm³/mol. The second kappa shape index (κ2) is 8.79. The number of pyridine rings is 1. The van der Waals surface area contributed by atoms with E-state index in [0.29, 0.717) is 35.0 Å². The van der Waals surface area contributed by atoms with Gasteiger partial charge in [0.1, 0.15) is 17.5 Å². The van der Waals surface area contributed by atoms with Gasteiger partial charge in [0.05, 0.1) is 18.7 Å². The minimum absolute atomic E-state index is 0.00983. The van der Waals surface area contributed by atoms with Crippen LogP contribution >= 0.6 is 0 Å². The van der Waals surface area contributed by atoms with Gasteiger partial charge in [0.15, 0.2) is 0 Å². The first kappa shape index (κ1) is 20.9. The number of nitrogens with one attached hydrogen (secondary N) is 4. The topological polar surface area (TPSA) is 104 Å². The second-order valence-corrected chi connectivity index (χ2v) is 7.94. The van der Waals surface area contributed by atoms with Crippen LogP contribution in [0.25, 0.3) is 0 Å². The number of amides is 2. The molecule has 9 heteroatoms. The molecule has 0 radical (unpaired) electrons. The van der Waals surface area contributed by atoms with Gasteiger partial charge in [0.25, 0.3) is 5.91 Å². The van der Waals surface area contributed by atoms with Gasteiger partial charge in [-0.1, -0.05) is 12.8 Å². The largest absolute Gasteiger partial charge is 0.453 e. The maximum absolute atomic E-state index is 13.6. The Labute approximate surface area is 180 Å². The van der Waals surface area contributed by atoms with E-state index in [1.54, 1.807) is 19.1 Å². The maximum atomic E-state index is 13.6. The molecule has 4 rings (SSSR count). The van der Waals surface area contributed by atoms with Crippen LogP contribution in [0.15, 0.2) is 24.3 Å². The molecule has 0 spiro atoms. The minimum Gasteiger partial charge on any atom is -0.453 e. The van der Waals surface area contributed by atoms with Crippen LogP contribution in [-0.4, -0.2) is 36.2 Å². The van der Waals surface area contributed by atoms with Crippen molar-refractivity contribution in [3.8, 4) is 0 Å². The number of anilines is 3. The number of alkyl carbamates (subject to hydrolysis) is 1. The molecule has 8 nitrogen and oxygen atoms in total. The van der Waals surface area contributed by atoms with E-state index in [2.05, 4.69) is 26.3 Å². The molecule has 2 atom stereocenters. The normalized spacial score (nSPS) is 19.9. The summed E-state index contributed by atoms with van der Waals surface area (Å²) >= 11 is 0. The SMILES string of the molecule is COC(=O)N[C@H]1CCCC[C@H]1Nc1cc2c(c(Nc3ccc(F)c(C)c3)n1)C(=O)NC2. The van der Waals surface area contributed by atoms with Crippen molar-refractivity contribution in [3.05, 3.63) is 46.8 Å². The molecule has 0 unspecified atom stereocenters. The van der Waals surface area contributed by atoms with E-state index >= 15 is 0 Å². The number of fused-ring (bicyclic) bond motifs is 1. The molecule has 2 aliphatic rings. The Balaban J connectivity index is 1.61. The lowest BCUT2D eigenvalue weighted by molar-refractivity contribution is 0.0966. The zero-order chi connectivity index (χ0) is 22.0. The summed E-state index contributed by atoms with van der Waals surface area (Å²) in [7, 11) is 1.35. The zero-order valence-electron chi connectivity index (χ0n) is 17.5. The van der Waals surface area contributed by atoms with Gasteiger partial charge in [-0.25, -0.2) is 14.2 Å². The lowest BCUT2D eigenvalue weighted by Crippen LogP contribution is -2.48. The standard InChI is InChI=1S/C22H26FN5O3/c1-12-9-14(7-8-15(12)23)25-20-19-13(11-24-21(19)29)10-18(28-20)26-16-5-3-4-6-17(16)27-22(30)31-2/h7-10,16-17H,3-6,11H2,1-2H3,(H,24,29)(H,27,30)(H2,25,26,28)/t16-,17+/m1/s1. The number of methoxy groups -OCH3 is 1. The van der Waals surface area contributed by atoms with Crippen LogP contribution in [0.2, 0.25) is 0 Å². The van der Waals surface area contributed by atoms with E-state index in [1.165, 1.54) is 13.2 Å².